The van der Waals surface area contributed by atoms with Crippen LogP contribution in [0.15, 0.2) is 24.5 Å². The lowest BCUT2D eigenvalue weighted by molar-refractivity contribution is 0.421. The molecule has 4 atom stereocenters. The molecule has 1 aliphatic rings. The lowest BCUT2D eigenvalue weighted by atomic mass is 9.90. The Labute approximate surface area is 92.1 Å². The average molecular weight is 204 g/mol. The second-order valence-electron chi connectivity index (χ2n) is 4.76. The van der Waals surface area contributed by atoms with Crippen LogP contribution in [-0.4, -0.2) is 18.1 Å². The first-order chi connectivity index (χ1) is 7.24. The summed E-state index contributed by atoms with van der Waals surface area (Å²) < 4.78 is 0. The first-order valence-corrected chi connectivity index (χ1v) is 5.81. The molecule has 0 spiro atoms. The van der Waals surface area contributed by atoms with Gasteiger partial charge in [-0.1, -0.05) is 13.8 Å². The molecule has 0 aromatic carbocycles. The van der Waals surface area contributed by atoms with E-state index in [1.165, 1.54) is 12.0 Å². The number of likely N-dealkylation sites (N-methyl/N-ethyl adjacent to an activating group) is 1. The zero-order valence-corrected chi connectivity index (χ0v) is 9.77. The molecule has 2 nitrogen and oxygen atoms in total. The molecule has 2 rings (SSSR count). The highest BCUT2D eigenvalue weighted by Crippen LogP contribution is 2.44. The van der Waals surface area contributed by atoms with E-state index in [1.54, 1.807) is 0 Å². The third-order valence-electron chi connectivity index (χ3n) is 3.74. The smallest absolute Gasteiger partial charge is 0.0270 e. The Morgan fingerprint density at radius 3 is 2.47 bits per heavy atom. The van der Waals surface area contributed by atoms with E-state index in [9.17, 15) is 0 Å². The Bertz CT molecular complexity index is 310. The van der Waals surface area contributed by atoms with Gasteiger partial charge in [0.15, 0.2) is 0 Å². The fourth-order valence-electron chi connectivity index (χ4n) is 2.56. The van der Waals surface area contributed by atoms with E-state index in [4.69, 9.17) is 0 Å². The van der Waals surface area contributed by atoms with E-state index in [1.807, 2.05) is 12.4 Å². The van der Waals surface area contributed by atoms with Gasteiger partial charge in [-0.3, -0.25) is 4.98 Å². The molecule has 0 aliphatic heterocycles. The predicted octanol–water partition coefficient (Wildman–Crippen LogP) is 2.43. The van der Waals surface area contributed by atoms with Crippen molar-refractivity contribution in [3.63, 3.8) is 0 Å². The van der Waals surface area contributed by atoms with Crippen molar-refractivity contribution in [3.8, 4) is 0 Å². The zero-order chi connectivity index (χ0) is 10.8. The van der Waals surface area contributed by atoms with Crippen LogP contribution in [0.25, 0.3) is 0 Å². The highest BCUT2D eigenvalue weighted by atomic mass is 14.9. The van der Waals surface area contributed by atoms with Gasteiger partial charge in [-0.05, 0) is 48.9 Å². The second kappa shape index (κ2) is 4.31. The van der Waals surface area contributed by atoms with E-state index in [2.05, 4.69) is 43.3 Å². The molecule has 1 saturated carbocycles. The van der Waals surface area contributed by atoms with E-state index >= 15 is 0 Å². The Balaban J connectivity index is 2.08. The summed E-state index contributed by atoms with van der Waals surface area (Å²) in [4.78, 5) is 4.07. The SMILES string of the molecule is CNC(C(C)c1ccncc1)C1CC1C. The zero-order valence-electron chi connectivity index (χ0n) is 9.77. The lowest BCUT2D eigenvalue weighted by Gasteiger charge is -2.24. The quantitative estimate of drug-likeness (QED) is 0.814. The summed E-state index contributed by atoms with van der Waals surface area (Å²) in [5.74, 6) is 2.33. The Hall–Kier alpha value is -0.890. The number of aromatic nitrogens is 1. The second-order valence-corrected chi connectivity index (χ2v) is 4.76. The van der Waals surface area contributed by atoms with Gasteiger partial charge in [-0.2, -0.15) is 0 Å². The third-order valence-corrected chi connectivity index (χ3v) is 3.74. The van der Waals surface area contributed by atoms with Crippen molar-refractivity contribution in [3.05, 3.63) is 30.1 Å². The fraction of sp³-hybridized carbons (Fsp3) is 0.615. The van der Waals surface area contributed by atoms with Crippen molar-refractivity contribution in [2.24, 2.45) is 11.8 Å². The van der Waals surface area contributed by atoms with Crippen molar-refractivity contribution >= 4 is 0 Å². The van der Waals surface area contributed by atoms with Crippen molar-refractivity contribution in [2.75, 3.05) is 7.05 Å². The van der Waals surface area contributed by atoms with E-state index < -0.39 is 0 Å². The minimum Gasteiger partial charge on any atom is -0.316 e. The van der Waals surface area contributed by atoms with Crippen LogP contribution in [0, 0.1) is 11.8 Å². The van der Waals surface area contributed by atoms with Gasteiger partial charge in [0.2, 0.25) is 0 Å². The summed E-state index contributed by atoms with van der Waals surface area (Å²) in [5, 5.41) is 3.47. The highest BCUT2D eigenvalue weighted by molar-refractivity contribution is 5.18. The summed E-state index contributed by atoms with van der Waals surface area (Å²) in [6.07, 6.45) is 5.14. The van der Waals surface area contributed by atoms with Gasteiger partial charge in [0, 0.05) is 18.4 Å². The van der Waals surface area contributed by atoms with Gasteiger partial charge in [0.25, 0.3) is 0 Å². The number of nitrogens with one attached hydrogen (secondary N) is 1. The minimum atomic E-state index is 0.577. The molecule has 0 bridgehead atoms. The summed E-state index contributed by atoms with van der Waals surface area (Å²) >= 11 is 0. The number of pyridine rings is 1. The number of hydrogen-bond donors (Lipinski definition) is 1. The van der Waals surface area contributed by atoms with Crippen LogP contribution in [-0.2, 0) is 0 Å². The maximum atomic E-state index is 4.07. The molecule has 1 aromatic rings. The maximum absolute atomic E-state index is 4.07. The Kier molecular flexibility index (Phi) is 3.06. The van der Waals surface area contributed by atoms with E-state index in [0.717, 1.165) is 11.8 Å². The van der Waals surface area contributed by atoms with Crippen LogP contribution in [0.2, 0.25) is 0 Å². The van der Waals surface area contributed by atoms with Crippen molar-refractivity contribution in [2.45, 2.75) is 32.2 Å². The Morgan fingerprint density at radius 2 is 2.00 bits per heavy atom. The molecule has 1 heterocycles. The van der Waals surface area contributed by atoms with Gasteiger partial charge in [0.05, 0.1) is 0 Å². The molecule has 0 radical (unpaired) electrons. The molecule has 1 aromatic heterocycles. The largest absolute Gasteiger partial charge is 0.316 e. The molecular weight excluding hydrogens is 184 g/mol. The van der Waals surface area contributed by atoms with Gasteiger partial charge in [0.1, 0.15) is 0 Å². The third kappa shape index (κ3) is 2.20. The van der Waals surface area contributed by atoms with Crippen LogP contribution in [0.3, 0.4) is 0 Å². The van der Waals surface area contributed by atoms with Crippen molar-refractivity contribution in [1.82, 2.24) is 10.3 Å². The van der Waals surface area contributed by atoms with Crippen LogP contribution in [0.5, 0.6) is 0 Å². The molecule has 82 valence electrons. The van der Waals surface area contributed by atoms with Gasteiger partial charge in [-0.25, -0.2) is 0 Å². The summed E-state index contributed by atoms with van der Waals surface area (Å²) in [6.45, 7) is 4.65. The van der Waals surface area contributed by atoms with Gasteiger partial charge >= 0.3 is 0 Å². The van der Waals surface area contributed by atoms with Crippen molar-refractivity contribution < 1.29 is 0 Å². The maximum Gasteiger partial charge on any atom is 0.0270 e. The first-order valence-electron chi connectivity index (χ1n) is 5.81. The molecule has 4 unspecified atom stereocenters. The molecule has 1 aliphatic carbocycles. The van der Waals surface area contributed by atoms with Gasteiger partial charge < -0.3 is 5.32 Å². The molecule has 0 amide bonds. The minimum absolute atomic E-state index is 0.577. The Morgan fingerprint density at radius 1 is 1.40 bits per heavy atom. The normalized spacial score (nSPS) is 28.5. The fourth-order valence-corrected chi connectivity index (χ4v) is 2.56. The van der Waals surface area contributed by atoms with Crippen LogP contribution in [0.1, 0.15) is 31.7 Å². The van der Waals surface area contributed by atoms with Crippen LogP contribution >= 0.6 is 0 Å². The lowest BCUT2D eigenvalue weighted by Crippen LogP contribution is -2.33. The standard InChI is InChI=1S/C13H20N2/c1-9-8-12(9)13(14-3)10(2)11-4-6-15-7-5-11/h4-7,9-10,12-14H,8H2,1-3H3. The topological polar surface area (TPSA) is 24.9 Å². The molecule has 1 N–H and O–H groups in total. The molecule has 1 fully saturated rings. The van der Waals surface area contributed by atoms with Gasteiger partial charge in [-0.15, -0.1) is 0 Å². The predicted molar refractivity (Wildman–Crippen MR) is 62.8 cm³/mol. The summed E-state index contributed by atoms with van der Waals surface area (Å²) in [5.41, 5.74) is 1.39. The summed E-state index contributed by atoms with van der Waals surface area (Å²) in [7, 11) is 2.08. The monoisotopic (exact) mass is 204 g/mol. The van der Waals surface area contributed by atoms with Crippen molar-refractivity contribution in [1.29, 1.82) is 0 Å². The number of hydrogen-bond acceptors (Lipinski definition) is 2. The number of nitrogens with zero attached hydrogens (tertiary/aromatic N) is 1. The van der Waals surface area contributed by atoms with Crippen LogP contribution in [0.4, 0.5) is 0 Å². The molecule has 15 heavy (non-hydrogen) atoms. The van der Waals surface area contributed by atoms with Crippen LogP contribution < -0.4 is 5.32 Å². The average Bonchev–Trinajstić information content (AvgIpc) is 2.98. The number of rotatable bonds is 4. The molecule has 2 heteroatoms. The van der Waals surface area contributed by atoms with E-state index in [-0.39, 0.29) is 0 Å². The first kappa shape index (κ1) is 10.6. The highest BCUT2D eigenvalue weighted by Gasteiger charge is 2.41. The summed E-state index contributed by atoms with van der Waals surface area (Å²) in [6, 6.07) is 4.87. The molecular formula is C13H20N2. The van der Waals surface area contributed by atoms with E-state index in [0.29, 0.717) is 12.0 Å². The molecule has 0 saturated heterocycles.